The first-order chi connectivity index (χ1) is 1.41. The van der Waals surface area contributed by atoms with E-state index in [2.05, 4.69) is 13.8 Å². The van der Waals surface area contributed by atoms with E-state index in [0.717, 1.165) is 6.42 Å². The van der Waals surface area contributed by atoms with Gasteiger partial charge in [0.2, 0.25) is 0 Å². The van der Waals surface area contributed by atoms with E-state index in [0.29, 0.717) is 0 Å². The van der Waals surface area contributed by atoms with Gasteiger partial charge in [-0.15, -0.1) is 0 Å². The molecule has 0 nitrogen and oxygen atoms in total. The molecule has 0 spiro atoms. The minimum Gasteiger partial charge on any atom is -0.372 e. The summed E-state index contributed by atoms with van der Waals surface area (Å²) in [6.07, 6.45) is 0.750. The van der Waals surface area contributed by atoms with Crippen molar-refractivity contribution >= 4 is 0 Å². The first-order valence-electron chi connectivity index (χ1n) is 1.000. The predicted octanol–water partition coefficient (Wildman–Crippen LogP) is 1.49. The molecule has 2 heteroatoms. The van der Waals surface area contributed by atoms with Crippen LogP contribution in [0, 0.1) is 21.3 Å². The molecule has 0 heterocycles. The molecule has 0 aliphatic heterocycles. The summed E-state index contributed by atoms with van der Waals surface area (Å²) in [4.78, 5) is 0. The van der Waals surface area contributed by atoms with E-state index in [-0.39, 0.29) is 61.2 Å². The first kappa shape index (κ1) is 25.0. The molecule has 0 rings (SSSR count). The van der Waals surface area contributed by atoms with Crippen molar-refractivity contribution in [3.05, 3.63) is 21.3 Å². The van der Waals surface area contributed by atoms with Gasteiger partial charge in [0, 0.05) is 32.7 Å². The molecule has 0 bridgehead atoms. The van der Waals surface area contributed by atoms with E-state index in [1.54, 1.807) is 0 Å². The zero-order valence-corrected chi connectivity index (χ0v) is 9.88. The Balaban J connectivity index is -0.00000000667. The van der Waals surface area contributed by atoms with Crippen LogP contribution in [0.3, 0.4) is 0 Å². The van der Waals surface area contributed by atoms with Gasteiger partial charge in [0.15, 0.2) is 0 Å². The van der Waals surface area contributed by atoms with Gasteiger partial charge in [-0.2, -0.15) is 0 Å². The molecular weight excluding hydrogens is 321 g/mol. The largest absolute Gasteiger partial charge is 2.00 e. The van der Waals surface area contributed by atoms with E-state index >= 15 is 0 Å². The van der Waals surface area contributed by atoms with Crippen LogP contribution >= 0.6 is 0 Å². The Hall–Kier alpha value is 1.79. The number of hydrogen-bond acceptors (Lipinski definition) is 0. The van der Waals surface area contributed by atoms with Gasteiger partial charge in [-0.3, -0.25) is 0 Å². The van der Waals surface area contributed by atoms with Crippen LogP contribution in [0.15, 0.2) is 0 Å². The average Bonchev–Trinajstić information content (AvgIpc) is 0.918. The molecular formula is C4H9WY-. The molecule has 0 aromatic rings. The van der Waals surface area contributed by atoms with Gasteiger partial charge in [0.25, 0.3) is 0 Å². The maximum Gasteiger partial charge on any atom is 2.00 e. The van der Waals surface area contributed by atoms with Crippen LogP contribution in [0.4, 0.5) is 0 Å². The fourth-order valence-electron chi connectivity index (χ4n) is 0. The normalized spacial score (nSPS) is 3.00. The van der Waals surface area contributed by atoms with E-state index in [1.807, 2.05) is 0 Å². The molecule has 0 unspecified atom stereocenters. The van der Waals surface area contributed by atoms with Crippen LogP contribution in [0.2, 0.25) is 0 Å². The molecule has 0 aliphatic carbocycles. The van der Waals surface area contributed by atoms with Gasteiger partial charge in [0.05, 0.1) is 0 Å². The Kier molecular flexibility index (Phi) is 122. The fourth-order valence-corrected chi connectivity index (χ4v) is 0. The Bertz CT molecular complexity index is 7.51. The summed E-state index contributed by atoms with van der Waals surface area (Å²) in [5, 5.41) is 0. The van der Waals surface area contributed by atoms with Crippen LogP contribution in [-0.4, -0.2) is 0 Å². The average molecular weight is 330 g/mol. The molecule has 6 heavy (non-hydrogen) atoms. The van der Waals surface area contributed by atoms with Crippen LogP contribution in [-0.2, 0) is 53.8 Å². The van der Waals surface area contributed by atoms with Crippen LogP contribution < -0.4 is 0 Å². The quantitative estimate of drug-likeness (QED) is 0.591. The fraction of sp³-hybridized carbons (Fsp3) is 0.250. The zero-order chi connectivity index (χ0) is 2.71. The summed E-state index contributed by atoms with van der Waals surface area (Å²) in [7, 11) is 0. The van der Waals surface area contributed by atoms with Crippen molar-refractivity contribution in [2.45, 2.75) is 6.42 Å². The van der Waals surface area contributed by atoms with Crippen LogP contribution in [0.1, 0.15) is 6.42 Å². The van der Waals surface area contributed by atoms with Crippen molar-refractivity contribution in [1.29, 1.82) is 0 Å². The SMILES string of the molecule is [CH2-]C[CH2-].[CH3-].[W+2].[Y]. The molecule has 35 valence electrons. The molecule has 0 aliphatic rings. The van der Waals surface area contributed by atoms with Gasteiger partial charge in [-0.25, -0.2) is 0 Å². The summed E-state index contributed by atoms with van der Waals surface area (Å²) in [5.41, 5.74) is 0. The standard InChI is InChI=1S/C3H6.CH3.W.Y/c1-3-2;;;/h1-3H2;1H3;;/q-2;-1;+2;. The Morgan fingerprint density at radius 1 is 1.17 bits per heavy atom. The van der Waals surface area contributed by atoms with Gasteiger partial charge in [-0.1, -0.05) is 0 Å². The Morgan fingerprint density at radius 3 is 1.17 bits per heavy atom. The monoisotopic (exact) mass is 330 g/mol. The van der Waals surface area contributed by atoms with Gasteiger partial charge < -0.3 is 27.7 Å². The molecule has 0 aromatic heterocycles. The third-order valence-electron chi connectivity index (χ3n) is 0. The van der Waals surface area contributed by atoms with Gasteiger partial charge in [-0.05, 0) is 0 Å². The second-order valence-corrected chi connectivity index (χ2v) is 0.354. The smallest absolute Gasteiger partial charge is 0.372 e. The Labute approximate surface area is 80.6 Å². The van der Waals surface area contributed by atoms with E-state index in [1.165, 1.54) is 0 Å². The van der Waals surface area contributed by atoms with Gasteiger partial charge in [0.1, 0.15) is 0 Å². The van der Waals surface area contributed by atoms with Crippen molar-refractivity contribution in [3.63, 3.8) is 0 Å². The van der Waals surface area contributed by atoms with Crippen molar-refractivity contribution in [1.82, 2.24) is 0 Å². The van der Waals surface area contributed by atoms with Crippen molar-refractivity contribution in [2.24, 2.45) is 0 Å². The minimum atomic E-state index is 0. The molecule has 0 N–H and O–H groups in total. The third-order valence-corrected chi connectivity index (χ3v) is 0. The zero-order valence-electron chi connectivity index (χ0n) is 4.11. The molecule has 0 atom stereocenters. The summed E-state index contributed by atoms with van der Waals surface area (Å²) in [5.74, 6) is 0. The van der Waals surface area contributed by atoms with Crippen molar-refractivity contribution in [2.75, 3.05) is 0 Å². The second-order valence-electron chi connectivity index (χ2n) is 0.354. The first-order valence-corrected chi connectivity index (χ1v) is 1.000. The molecule has 0 aromatic carbocycles. The van der Waals surface area contributed by atoms with E-state index < -0.39 is 0 Å². The van der Waals surface area contributed by atoms with Crippen LogP contribution in [0.25, 0.3) is 0 Å². The van der Waals surface area contributed by atoms with E-state index in [4.69, 9.17) is 0 Å². The third kappa shape index (κ3) is 41.4. The predicted molar refractivity (Wildman–Crippen MR) is 21.7 cm³/mol. The Morgan fingerprint density at radius 2 is 1.17 bits per heavy atom. The summed E-state index contributed by atoms with van der Waals surface area (Å²) in [6, 6.07) is 0. The molecule has 0 amide bonds. The second kappa shape index (κ2) is 29.2. The molecule has 0 saturated carbocycles. The molecule has 0 saturated heterocycles. The summed E-state index contributed by atoms with van der Waals surface area (Å²) in [6.45, 7) is 6.75. The van der Waals surface area contributed by atoms with Crippen molar-refractivity contribution < 1.29 is 53.8 Å². The van der Waals surface area contributed by atoms with Crippen LogP contribution in [0.5, 0.6) is 0 Å². The minimum absolute atomic E-state index is 0. The number of hydrogen-bond donors (Lipinski definition) is 0. The number of rotatable bonds is 0. The summed E-state index contributed by atoms with van der Waals surface area (Å²) >= 11 is 0. The van der Waals surface area contributed by atoms with Crippen molar-refractivity contribution in [3.8, 4) is 0 Å². The molecule has 1 radical (unpaired) electrons. The summed E-state index contributed by atoms with van der Waals surface area (Å²) < 4.78 is 0. The molecule has 0 fully saturated rings. The maximum absolute atomic E-state index is 3.38. The van der Waals surface area contributed by atoms with E-state index in [9.17, 15) is 0 Å². The van der Waals surface area contributed by atoms with Gasteiger partial charge >= 0.3 is 21.1 Å². The maximum atomic E-state index is 3.38. The topological polar surface area (TPSA) is 0 Å².